The Kier molecular flexibility index (Phi) is 5.42. The molecule has 0 saturated carbocycles. The number of hydrogen-bond acceptors (Lipinski definition) is 3. The molecule has 0 radical (unpaired) electrons. The van der Waals surface area contributed by atoms with Crippen LogP contribution in [0.1, 0.15) is 13.8 Å². The smallest absolute Gasteiger partial charge is 0.162 e. The molecule has 0 aromatic carbocycles. The zero-order valence-electron chi connectivity index (χ0n) is 10.9. The quantitative estimate of drug-likeness (QED) is 0.584. The van der Waals surface area contributed by atoms with Gasteiger partial charge in [-0.15, -0.1) is 0 Å². The van der Waals surface area contributed by atoms with Crippen LogP contribution in [0.15, 0.2) is 0 Å². The van der Waals surface area contributed by atoms with E-state index in [2.05, 4.69) is 21.1 Å². The third-order valence-electron chi connectivity index (χ3n) is 2.60. The van der Waals surface area contributed by atoms with Gasteiger partial charge in [0.05, 0.1) is 52.9 Å². The maximum atomic E-state index is 9.51. The first kappa shape index (κ1) is 16.3. The highest BCUT2D eigenvalue weighted by Crippen LogP contribution is 2.30. The van der Waals surface area contributed by atoms with Gasteiger partial charge < -0.3 is 36.0 Å². The highest BCUT2D eigenvalue weighted by molar-refractivity contribution is 4.82. The topological polar surface area (TPSA) is 38.7 Å². The third-order valence-corrected chi connectivity index (χ3v) is 2.60. The van der Waals surface area contributed by atoms with E-state index < -0.39 is 5.79 Å². The Bertz CT molecular complexity index is 216. The van der Waals surface area contributed by atoms with Crippen molar-refractivity contribution in [3.05, 3.63) is 0 Å². The van der Waals surface area contributed by atoms with Gasteiger partial charge in [-0.3, -0.25) is 0 Å². The molecule has 0 aliphatic carbocycles. The van der Waals surface area contributed by atoms with Crippen molar-refractivity contribution in [2.24, 2.45) is 5.41 Å². The number of rotatable bonds is 3. The lowest BCUT2D eigenvalue weighted by atomic mass is 9.88. The Morgan fingerprint density at radius 1 is 1.12 bits per heavy atom. The fourth-order valence-corrected chi connectivity index (χ4v) is 1.98. The molecule has 4 nitrogen and oxygen atoms in total. The zero-order chi connectivity index (χ0) is 11.7. The molecule has 0 aromatic rings. The Morgan fingerprint density at radius 2 is 1.56 bits per heavy atom. The predicted molar refractivity (Wildman–Crippen MR) is 58.4 cm³/mol. The minimum absolute atomic E-state index is 0. The summed E-state index contributed by atoms with van der Waals surface area (Å²) in [5, 5.41) is 9.51. The van der Waals surface area contributed by atoms with Gasteiger partial charge in [0, 0.05) is 0 Å². The SMILES string of the molecule is CC1(C)OCC(CO)(C[N+](C)(C)C)CO1.[Br-]. The molecule has 1 N–H and O–H groups in total. The van der Waals surface area contributed by atoms with Gasteiger partial charge in [-0.25, -0.2) is 0 Å². The Balaban J connectivity index is 0.00000225. The van der Waals surface area contributed by atoms with Crippen molar-refractivity contribution >= 4 is 0 Å². The summed E-state index contributed by atoms with van der Waals surface area (Å²) in [5.74, 6) is -0.510. The Hall–Kier alpha value is 0.320. The lowest BCUT2D eigenvalue weighted by Gasteiger charge is -2.44. The predicted octanol–water partition coefficient (Wildman–Crippen LogP) is -2.54. The minimum atomic E-state index is -0.510. The average Bonchev–Trinajstić information content (AvgIpc) is 2.07. The molecule has 1 heterocycles. The van der Waals surface area contributed by atoms with Gasteiger partial charge in [0.1, 0.15) is 0 Å². The van der Waals surface area contributed by atoms with Crippen molar-refractivity contribution in [1.82, 2.24) is 0 Å². The van der Waals surface area contributed by atoms with E-state index in [1.807, 2.05) is 13.8 Å². The second kappa shape index (κ2) is 5.31. The van der Waals surface area contributed by atoms with Crippen LogP contribution in [0.3, 0.4) is 0 Å². The fourth-order valence-electron chi connectivity index (χ4n) is 1.98. The van der Waals surface area contributed by atoms with Crippen LogP contribution in [-0.4, -0.2) is 62.9 Å². The van der Waals surface area contributed by atoms with Crippen molar-refractivity contribution < 1.29 is 36.0 Å². The van der Waals surface area contributed by atoms with Gasteiger partial charge in [0.25, 0.3) is 0 Å². The second-order valence-electron chi connectivity index (χ2n) is 6.08. The maximum Gasteiger partial charge on any atom is 0.162 e. The standard InChI is InChI=1S/C11H24NO3.BrH/c1-10(2)14-8-11(7-13,9-15-10)6-12(3,4)5;/h13H,6-9H2,1-5H3;1H/q+1;/p-1. The molecular weight excluding hydrogens is 274 g/mol. The zero-order valence-corrected chi connectivity index (χ0v) is 12.5. The molecule has 5 heteroatoms. The summed E-state index contributed by atoms with van der Waals surface area (Å²) in [7, 11) is 6.32. The van der Waals surface area contributed by atoms with E-state index >= 15 is 0 Å². The van der Waals surface area contributed by atoms with Crippen LogP contribution in [-0.2, 0) is 9.47 Å². The van der Waals surface area contributed by atoms with Gasteiger partial charge in [0.15, 0.2) is 5.79 Å². The van der Waals surface area contributed by atoms with Crippen LogP contribution in [0.2, 0.25) is 0 Å². The minimum Gasteiger partial charge on any atom is -1.00 e. The molecule has 1 aliphatic heterocycles. The third kappa shape index (κ3) is 4.67. The highest BCUT2D eigenvalue weighted by atomic mass is 79.9. The molecule has 16 heavy (non-hydrogen) atoms. The van der Waals surface area contributed by atoms with Crippen LogP contribution >= 0.6 is 0 Å². The molecule has 98 valence electrons. The number of nitrogens with zero attached hydrogens (tertiary/aromatic N) is 1. The molecule has 0 unspecified atom stereocenters. The second-order valence-corrected chi connectivity index (χ2v) is 6.08. The molecule has 0 amide bonds. The summed E-state index contributed by atoms with van der Waals surface area (Å²) in [6, 6.07) is 0. The molecule has 1 aliphatic rings. The molecule has 0 spiro atoms. The lowest BCUT2D eigenvalue weighted by Crippen LogP contribution is -3.00. The molecule has 0 atom stereocenters. The normalized spacial score (nSPS) is 23.6. The van der Waals surface area contributed by atoms with E-state index in [1.165, 1.54) is 0 Å². The van der Waals surface area contributed by atoms with Crippen LogP contribution in [0.5, 0.6) is 0 Å². The summed E-state index contributed by atoms with van der Waals surface area (Å²) < 4.78 is 12.1. The molecule has 1 rings (SSSR count). The lowest BCUT2D eigenvalue weighted by molar-refractivity contribution is -0.878. The van der Waals surface area contributed by atoms with E-state index in [0.29, 0.717) is 13.2 Å². The van der Waals surface area contributed by atoms with E-state index in [-0.39, 0.29) is 29.0 Å². The number of hydrogen-bond donors (Lipinski definition) is 1. The molecule has 1 fully saturated rings. The molecule has 0 aromatic heterocycles. The summed E-state index contributed by atoms with van der Waals surface area (Å²) in [6.45, 7) is 5.89. The van der Waals surface area contributed by atoms with Crippen molar-refractivity contribution in [3.63, 3.8) is 0 Å². The van der Waals surface area contributed by atoms with Crippen molar-refractivity contribution in [3.8, 4) is 0 Å². The fraction of sp³-hybridized carbons (Fsp3) is 1.00. The number of ether oxygens (including phenoxy) is 2. The average molecular weight is 298 g/mol. The van der Waals surface area contributed by atoms with Gasteiger partial charge in [-0.05, 0) is 13.8 Å². The molecule has 0 bridgehead atoms. The Morgan fingerprint density at radius 3 is 1.88 bits per heavy atom. The summed E-state index contributed by atoms with van der Waals surface area (Å²) in [6.07, 6.45) is 0. The molecule has 1 saturated heterocycles. The summed E-state index contributed by atoms with van der Waals surface area (Å²) >= 11 is 0. The van der Waals surface area contributed by atoms with Gasteiger partial charge in [-0.2, -0.15) is 0 Å². The van der Waals surface area contributed by atoms with Crippen LogP contribution in [0.4, 0.5) is 0 Å². The van der Waals surface area contributed by atoms with Crippen molar-refractivity contribution in [1.29, 1.82) is 0 Å². The van der Waals surface area contributed by atoms with E-state index in [0.717, 1.165) is 11.0 Å². The molecular formula is C11H24BrNO3. The highest BCUT2D eigenvalue weighted by Gasteiger charge is 2.43. The van der Waals surface area contributed by atoms with Gasteiger partial charge in [-0.1, -0.05) is 0 Å². The number of aliphatic hydroxyl groups excluding tert-OH is 1. The number of halogens is 1. The Labute approximate surface area is 109 Å². The van der Waals surface area contributed by atoms with Crippen molar-refractivity contribution in [2.45, 2.75) is 19.6 Å². The van der Waals surface area contributed by atoms with Crippen LogP contribution < -0.4 is 17.0 Å². The van der Waals surface area contributed by atoms with Gasteiger partial charge >= 0.3 is 0 Å². The first-order chi connectivity index (χ1) is 6.68. The maximum absolute atomic E-state index is 9.51. The van der Waals surface area contributed by atoms with E-state index in [4.69, 9.17) is 9.47 Å². The van der Waals surface area contributed by atoms with E-state index in [1.54, 1.807) is 0 Å². The summed E-state index contributed by atoms with van der Waals surface area (Å²) in [4.78, 5) is 0. The monoisotopic (exact) mass is 297 g/mol. The van der Waals surface area contributed by atoms with Crippen molar-refractivity contribution in [2.75, 3.05) is 47.5 Å². The van der Waals surface area contributed by atoms with E-state index in [9.17, 15) is 5.11 Å². The summed E-state index contributed by atoms with van der Waals surface area (Å²) in [5.41, 5.74) is -0.256. The van der Waals surface area contributed by atoms with Crippen LogP contribution in [0, 0.1) is 5.41 Å². The first-order valence-electron chi connectivity index (χ1n) is 5.37. The number of aliphatic hydroxyl groups is 1. The van der Waals surface area contributed by atoms with Crippen LogP contribution in [0.25, 0.3) is 0 Å². The largest absolute Gasteiger partial charge is 1.00 e. The van der Waals surface area contributed by atoms with Gasteiger partial charge in [0.2, 0.25) is 0 Å². The first-order valence-corrected chi connectivity index (χ1v) is 5.37. The number of quaternary nitrogens is 1.